The molecule has 4 heteroatoms. The SMILES string of the molecule is COc1cc(C(C)N2CC3CNCC3C2(C)C)ccc1O. The molecule has 0 aromatic heterocycles. The first-order valence-electron chi connectivity index (χ1n) is 7.79. The predicted octanol–water partition coefficient (Wildman–Crippen LogP) is 2.39. The normalized spacial score (nSPS) is 29.3. The van der Waals surface area contributed by atoms with Crippen LogP contribution in [0, 0.1) is 11.8 Å². The highest BCUT2D eigenvalue weighted by atomic mass is 16.5. The third-order valence-corrected chi connectivity index (χ3v) is 5.57. The summed E-state index contributed by atoms with van der Waals surface area (Å²) in [6.45, 7) is 10.4. The third-order valence-electron chi connectivity index (χ3n) is 5.57. The monoisotopic (exact) mass is 290 g/mol. The molecule has 2 fully saturated rings. The molecule has 2 aliphatic rings. The van der Waals surface area contributed by atoms with Gasteiger partial charge in [-0.05, 0) is 56.8 Å². The topological polar surface area (TPSA) is 44.7 Å². The van der Waals surface area contributed by atoms with Crippen LogP contribution in [0.25, 0.3) is 0 Å². The Labute approximate surface area is 127 Å². The van der Waals surface area contributed by atoms with E-state index in [2.05, 4.69) is 31.0 Å². The van der Waals surface area contributed by atoms with Gasteiger partial charge in [0.2, 0.25) is 0 Å². The highest BCUT2D eigenvalue weighted by molar-refractivity contribution is 5.42. The van der Waals surface area contributed by atoms with Crippen molar-refractivity contribution < 1.29 is 9.84 Å². The second-order valence-corrected chi connectivity index (χ2v) is 6.94. The van der Waals surface area contributed by atoms with Gasteiger partial charge in [0, 0.05) is 24.7 Å². The molecule has 0 saturated carbocycles. The number of phenols is 1. The molecule has 3 rings (SSSR count). The van der Waals surface area contributed by atoms with Gasteiger partial charge in [-0.25, -0.2) is 0 Å². The highest BCUT2D eigenvalue weighted by Gasteiger charge is 2.50. The summed E-state index contributed by atoms with van der Waals surface area (Å²) in [4.78, 5) is 2.61. The lowest BCUT2D eigenvalue weighted by Crippen LogP contribution is -2.45. The Hall–Kier alpha value is -1.26. The van der Waals surface area contributed by atoms with Crippen LogP contribution in [0.5, 0.6) is 11.5 Å². The van der Waals surface area contributed by atoms with Gasteiger partial charge in [0.25, 0.3) is 0 Å². The minimum absolute atomic E-state index is 0.193. The standard InChI is InChI=1S/C17H26N2O2/c1-11(12-5-6-15(20)16(7-12)21-4)19-10-13-8-18-9-14(13)17(19,2)3/h5-7,11,13-14,18,20H,8-10H2,1-4H3. The van der Waals surface area contributed by atoms with E-state index in [1.807, 2.05) is 12.1 Å². The van der Waals surface area contributed by atoms with Crippen LogP contribution in [0.4, 0.5) is 0 Å². The summed E-state index contributed by atoms with van der Waals surface area (Å²) < 4.78 is 5.25. The van der Waals surface area contributed by atoms with E-state index in [0.29, 0.717) is 11.8 Å². The number of hydrogen-bond acceptors (Lipinski definition) is 4. The Balaban J connectivity index is 1.87. The smallest absolute Gasteiger partial charge is 0.160 e. The van der Waals surface area contributed by atoms with E-state index < -0.39 is 0 Å². The molecule has 2 aliphatic heterocycles. The van der Waals surface area contributed by atoms with Crippen molar-refractivity contribution in [1.82, 2.24) is 10.2 Å². The lowest BCUT2D eigenvalue weighted by atomic mass is 9.84. The van der Waals surface area contributed by atoms with Crippen molar-refractivity contribution in [3.05, 3.63) is 23.8 Å². The number of fused-ring (bicyclic) bond motifs is 1. The molecule has 116 valence electrons. The van der Waals surface area contributed by atoms with E-state index in [1.54, 1.807) is 13.2 Å². The summed E-state index contributed by atoms with van der Waals surface area (Å²) in [6, 6.07) is 6.02. The molecule has 1 aromatic rings. The van der Waals surface area contributed by atoms with Crippen LogP contribution in [0.1, 0.15) is 32.4 Å². The maximum atomic E-state index is 9.77. The van der Waals surface area contributed by atoms with Crippen molar-refractivity contribution >= 4 is 0 Å². The van der Waals surface area contributed by atoms with Gasteiger partial charge >= 0.3 is 0 Å². The zero-order chi connectivity index (χ0) is 15.2. The summed E-state index contributed by atoms with van der Waals surface area (Å²) in [5.41, 5.74) is 1.39. The van der Waals surface area contributed by atoms with E-state index in [1.165, 1.54) is 5.56 Å². The number of benzene rings is 1. The van der Waals surface area contributed by atoms with Crippen LogP contribution >= 0.6 is 0 Å². The van der Waals surface area contributed by atoms with Gasteiger partial charge in [0.05, 0.1) is 7.11 Å². The lowest BCUT2D eigenvalue weighted by Gasteiger charge is -2.40. The molecule has 2 heterocycles. The van der Waals surface area contributed by atoms with Gasteiger partial charge in [0.15, 0.2) is 11.5 Å². The molecule has 2 N–H and O–H groups in total. The Morgan fingerprint density at radius 1 is 1.38 bits per heavy atom. The molecule has 0 spiro atoms. The Morgan fingerprint density at radius 2 is 2.14 bits per heavy atom. The molecule has 4 nitrogen and oxygen atoms in total. The maximum Gasteiger partial charge on any atom is 0.160 e. The number of hydrogen-bond donors (Lipinski definition) is 2. The zero-order valence-corrected chi connectivity index (χ0v) is 13.4. The van der Waals surface area contributed by atoms with Gasteiger partial charge in [0.1, 0.15) is 0 Å². The van der Waals surface area contributed by atoms with Crippen molar-refractivity contribution in [3.63, 3.8) is 0 Å². The second-order valence-electron chi connectivity index (χ2n) is 6.94. The summed E-state index contributed by atoms with van der Waals surface area (Å²) >= 11 is 0. The van der Waals surface area contributed by atoms with E-state index in [0.717, 1.165) is 31.5 Å². The van der Waals surface area contributed by atoms with Crippen molar-refractivity contribution in [2.45, 2.75) is 32.4 Å². The highest BCUT2D eigenvalue weighted by Crippen LogP contribution is 2.45. The predicted molar refractivity (Wildman–Crippen MR) is 83.7 cm³/mol. The van der Waals surface area contributed by atoms with Gasteiger partial charge < -0.3 is 15.2 Å². The first-order valence-corrected chi connectivity index (χ1v) is 7.79. The van der Waals surface area contributed by atoms with Crippen LogP contribution < -0.4 is 10.1 Å². The molecule has 3 atom stereocenters. The molecular formula is C17H26N2O2. The third kappa shape index (κ3) is 2.30. The Morgan fingerprint density at radius 3 is 2.81 bits per heavy atom. The number of methoxy groups -OCH3 is 1. The Bertz CT molecular complexity index is 530. The minimum atomic E-state index is 0.193. The molecule has 0 aliphatic carbocycles. The van der Waals surface area contributed by atoms with Crippen molar-refractivity contribution in [2.24, 2.45) is 11.8 Å². The number of likely N-dealkylation sites (tertiary alicyclic amines) is 1. The molecule has 21 heavy (non-hydrogen) atoms. The first kappa shape index (κ1) is 14.7. The molecular weight excluding hydrogens is 264 g/mol. The average molecular weight is 290 g/mol. The summed E-state index contributed by atoms with van der Waals surface area (Å²) in [5.74, 6) is 2.23. The number of rotatable bonds is 3. The number of ether oxygens (including phenoxy) is 1. The number of aromatic hydroxyl groups is 1. The zero-order valence-electron chi connectivity index (χ0n) is 13.4. The summed E-state index contributed by atoms with van der Waals surface area (Å²) in [7, 11) is 1.60. The summed E-state index contributed by atoms with van der Waals surface area (Å²) in [5, 5.41) is 13.3. The molecule has 2 saturated heterocycles. The van der Waals surface area contributed by atoms with Crippen LogP contribution in [-0.4, -0.2) is 42.3 Å². The van der Waals surface area contributed by atoms with Crippen LogP contribution in [0.15, 0.2) is 18.2 Å². The first-order chi connectivity index (χ1) is 9.95. The van der Waals surface area contributed by atoms with E-state index in [-0.39, 0.29) is 11.3 Å². The van der Waals surface area contributed by atoms with E-state index in [9.17, 15) is 5.11 Å². The lowest BCUT2D eigenvalue weighted by molar-refractivity contribution is 0.0969. The van der Waals surface area contributed by atoms with Crippen LogP contribution in [-0.2, 0) is 0 Å². The quantitative estimate of drug-likeness (QED) is 0.897. The fourth-order valence-electron chi connectivity index (χ4n) is 4.24. The number of nitrogens with zero attached hydrogens (tertiary/aromatic N) is 1. The molecule has 3 unspecified atom stereocenters. The minimum Gasteiger partial charge on any atom is -0.504 e. The van der Waals surface area contributed by atoms with Crippen LogP contribution in [0.2, 0.25) is 0 Å². The van der Waals surface area contributed by atoms with Crippen LogP contribution in [0.3, 0.4) is 0 Å². The molecule has 0 radical (unpaired) electrons. The number of nitrogens with one attached hydrogen (secondary N) is 1. The van der Waals surface area contributed by atoms with Crippen molar-refractivity contribution in [2.75, 3.05) is 26.7 Å². The maximum absolute atomic E-state index is 9.77. The summed E-state index contributed by atoms with van der Waals surface area (Å²) in [6.07, 6.45) is 0. The second kappa shape index (κ2) is 5.18. The fourth-order valence-corrected chi connectivity index (χ4v) is 4.24. The molecule has 1 aromatic carbocycles. The molecule has 0 amide bonds. The van der Waals surface area contributed by atoms with Gasteiger partial charge in [-0.2, -0.15) is 0 Å². The van der Waals surface area contributed by atoms with Crippen molar-refractivity contribution in [1.29, 1.82) is 0 Å². The average Bonchev–Trinajstić information content (AvgIpc) is 3.01. The van der Waals surface area contributed by atoms with E-state index >= 15 is 0 Å². The van der Waals surface area contributed by atoms with Crippen molar-refractivity contribution in [3.8, 4) is 11.5 Å². The largest absolute Gasteiger partial charge is 0.504 e. The molecule has 0 bridgehead atoms. The number of phenolic OH excluding ortho intramolecular Hbond substituents is 1. The van der Waals surface area contributed by atoms with Gasteiger partial charge in [-0.15, -0.1) is 0 Å². The van der Waals surface area contributed by atoms with E-state index in [4.69, 9.17) is 4.74 Å². The fraction of sp³-hybridized carbons (Fsp3) is 0.647. The van der Waals surface area contributed by atoms with Gasteiger partial charge in [-0.3, -0.25) is 4.90 Å². The van der Waals surface area contributed by atoms with Gasteiger partial charge in [-0.1, -0.05) is 6.07 Å². The Kier molecular flexibility index (Phi) is 3.62.